The Balaban J connectivity index is 0.00000121. The van der Waals surface area contributed by atoms with Crippen molar-refractivity contribution in [2.45, 2.75) is 41.0 Å². The Morgan fingerprint density at radius 2 is 1.94 bits per heavy atom. The second-order valence-corrected chi connectivity index (χ2v) is 4.34. The van der Waals surface area contributed by atoms with Crippen LogP contribution < -0.4 is 0 Å². The molecule has 0 aliphatic carbocycles. The molecule has 1 rings (SSSR count). The lowest BCUT2D eigenvalue weighted by Gasteiger charge is -2.26. The Morgan fingerprint density at radius 3 is 2.35 bits per heavy atom. The van der Waals surface area contributed by atoms with Crippen LogP contribution in [0.15, 0.2) is 48.4 Å². The van der Waals surface area contributed by atoms with E-state index in [1.165, 1.54) is 17.7 Å². The molecule has 0 aromatic carbocycles. The van der Waals surface area contributed by atoms with Gasteiger partial charge in [-0.15, -0.1) is 0 Å². The van der Waals surface area contributed by atoms with Crippen molar-refractivity contribution in [3.8, 4) is 0 Å². The predicted octanol–water partition coefficient (Wildman–Crippen LogP) is 4.90. The number of hydrogen-bond donors (Lipinski definition) is 0. The lowest BCUT2D eigenvalue weighted by molar-refractivity contribution is 0.404. The normalized spacial score (nSPS) is 19.2. The largest absolute Gasteiger partial charge is 0.348 e. The third kappa shape index (κ3) is 6.15. The average Bonchev–Trinajstić information content (AvgIpc) is 2.34. The van der Waals surface area contributed by atoms with Gasteiger partial charge in [-0.1, -0.05) is 45.1 Å². The fourth-order valence-electron chi connectivity index (χ4n) is 1.51. The molecule has 0 radical (unpaired) electrons. The molecule has 0 bridgehead atoms. The van der Waals surface area contributed by atoms with Crippen LogP contribution in [0.2, 0.25) is 0 Å². The first-order valence-corrected chi connectivity index (χ1v) is 6.56. The molecule has 17 heavy (non-hydrogen) atoms. The monoisotopic (exact) mass is 233 g/mol. The second-order valence-electron chi connectivity index (χ2n) is 4.34. The van der Waals surface area contributed by atoms with Gasteiger partial charge in [-0.3, -0.25) is 0 Å². The van der Waals surface area contributed by atoms with Gasteiger partial charge in [0.1, 0.15) is 0 Å². The highest BCUT2D eigenvalue weighted by Gasteiger charge is 2.10. The van der Waals surface area contributed by atoms with Crippen LogP contribution in [0.1, 0.15) is 41.0 Å². The third-order valence-electron chi connectivity index (χ3n) is 2.55. The van der Waals surface area contributed by atoms with Gasteiger partial charge < -0.3 is 4.90 Å². The molecular formula is C16H27N. The maximum atomic E-state index is 3.86. The van der Waals surface area contributed by atoms with Crippen molar-refractivity contribution < 1.29 is 0 Å². The summed E-state index contributed by atoms with van der Waals surface area (Å²) in [5, 5.41) is 0. The van der Waals surface area contributed by atoms with E-state index in [0.29, 0.717) is 5.92 Å². The minimum atomic E-state index is 0.704. The van der Waals surface area contributed by atoms with Crippen molar-refractivity contribution in [1.29, 1.82) is 0 Å². The molecule has 1 aliphatic rings. The summed E-state index contributed by atoms with van der Waals surface area (Å²) in [4.78, 5) is 2.26. The summed E-state index contributed by atoms with van der Waals surface area (Å²) < 4.78 is 0. The highest BCUT2D eigenvalue weighted by molar-refractivity contribution is 5.25. The molecule has 1 unspecified atom stereocenters. The van der Waals surface area contributed by atoms with Crippen LogP contribution in [-0.2, 0) is 0 Å². The maximum Gasteiger partial charge on any atom is 0.0400 e. The zero-order valence-electron chi connectivity index (χ0n) is 12.0. The van der Waals surface area contributed by atoms with Crippen LogP contribution in [0, 0.1) is 5.92 Å². The Hall–Kier alpha value is -1.24. The van der Waals surface area contributed by atoms with Gasteiger partial charge in [0, 0.05) is 18.4 Å². The van der Waals surface area contributed by atoms with Gasteiger partial charge in [0.15, 0.2) is 0 Å². The van der Waals surface area contributed by atoms with E-state index in [2.05, 4.69) is 56.7 Å². The van der Waals surface area contributed by atoms with Gasteiger partial charge in [0.2, 0.25) is 0 Å². The molecule has 0 spiro atoms. The predicted molar refractivity (Wildman–Crippen MR) is 78.7 cm³/mol. The summed E-state index contributed by atoms with van der Waals surface area (Å²) in [6.07, 6.45) is 11.8. The zero-order valence-corrected chi connectivity index (χ0v) is 12.0. The lowest BCUT2D eigenvalue weighted by Crippen LogP contribution is -2.22. The Kier molecular flexibility index (Phi) is 8.21. The minimum absolute atomic E-state index is 0.704. The van der Waals surface area contributed by atoms with Gasteiger partial charge in [0.25, 0.3) is 0 Å². The molecule has 0 aromatic rings. The number of nitrogens with zero attached hydrogens (tertiary/aromatic N) is 1. The molecule has 1 aliphatic heterocycles. The average molecular weight is 233 g/mol. The summed E-state index contributed by atoms with van der Waals surface area (Å²) in [6, 6.07) is 0. The van der Waals surface area contributed by atoms with Crippen molar-refractivity contribution in [3.63, 3.8) is 0 Å². The maximum absolute atomic E-state index is 3.86. The molecule has 1 nitrogen and oxygen atoms in total. The minimum Gasteiger partial charge on any atom is -0.348 e. The standard InChI is InChI=1S/C14H21N.C2H6/c1-5-14(7-6-12(2)3)15-10-8-13(4)9-11-15;1-2/h5-8,10,13H,1,9,11H2,2-4H3;1-2H3/b14-7+;. The second kappa shape index (κ2) is 8.86. The summed E-state index contributed by atoms with van der Waals surface area (Å²) in [7, 11) is 0. The number of hydrogen-bond acceptors (Lipinski definition) is 1. The first kappa shape index (κ1) is 15.8. The van der Waals surface area contributed by atoms with Crippen molar-refractivity contribution >= 4 is 0 Å². The van der Waals surface area contributed by atoms with E-state index in [1.807, 2.05) is 19.9 Å². The summed E-state index contributed by atoms with van der Waals surface area (Å²) in [5.74, 6) is 0.704. The molecule has 0 aromatic heterocycles. The highest BCUT2D eigenvalue weighted by Crippen LogP contribution is 2.17. The van der Waals surface area contributed by atoms with Gasteiger partial charge >= 0.3 is 0 Å². The van der Waals surface area contributed by atoms with E-state index in [4.69, 9.17) is 0 Å². The quantitative estimate of drug-likeness (QED) is 0.626. The van der Waals surface area contributed by atoms with Crippen LogP contribution >= 0.6 is 0 Å². The summed E-state index contributed by atoms with van der Waals surface area (Å²) in [5.41, 5.74) is 2.49. The molecule has 0 saturated carbocycles. The van der Waals surface area contributed by atoms with Crippen LogP contribution in [0.3, 0.4) is 0 Å². The Labute approximate surface area is 107 Å². The molecular weight excluding hydrogens is 206 g/mol. The first-order chi connectivity index (χ1) is 8.13. The van der Waals surface area contributed by atoms with E-state index in [9.17, 15) is 0 Å². The van der Waals surface area contributed by atoms with Crippen LogP contribution in [0.25, 0.3) is 0 Å². The van der Waals surface area contributed by atoms with Gasteiger partial charge in [0.05, 0.1) is 0 Å². The molecule has 0 N–H and O–H groups in total. The van der Waals surface area contributed by atoms with Crippen molar-refractivity contribution in [1.82, 2.24) is 4.90 Å². The third-order valence-corrected chi connectivity index (χ3v) is 2.55. The lowest BCUT2D eigenvalue weighted by atomic mass is 10.0. The molecule has 1 heterocycles. The van der Waals surface area contributed by atoms with Crippen molar-refractivity contribution in [2.24, 2.45) is 5.92 Å². The molecule has 0 amide bonds. The SMILES string of the molecule is C=C/C(=C\C=C(C)C)N1C=CC(C)CC1.CC. The molecule has 0 fully saturated rings. The fourth-order valence-corrected chi connectivity index (χ4v) is 1.51. The summed E-state index contributed by atoms with van der Waals surface area (Å²) in [6.45, 7) is 15.4. The summed E-state index contributed by atoms with van der Waals surface area (Å²) >= 11 is 0. The Morgan fingerprint density at radius 1 is 1.29 bits per heavy atom. The van der Waals surface area contributed by atoms with Crippen molar-refractivity contribution in [3.05, 3.63) is 48.4 Å². The number of rotatable bonds is 3. The molecule has 96 valence electrons. The van der Waals surface area contributed by atoms with Gasteiger partial charge in [-0.05, 0) is 38.3 Å². The highest BCUT2D eigenvalue weighted by atomic mass is 15.1. The topological polar surface area (TPSA) is 3.24 Å². The smallest absolute Gasteiger partial charge is 0.0400 e. The fraction of sp³-hybridized carbons (Fsp3) is 0.500. The van der Waals surface area contributed by atoms with Gasteiger partial charge in [-0.2, -0.15) is 0 Å². The van der Waals surface area contributed by atoms with Crippen LogP contribution in [0.5, 0.6) is 0 Å². The van der Waals surface area contributed by atoms with E-state index in [0.717, 1.165) is 6.54 Å². The van der Waals surface area contributed by atoms with E-state index in [1.54, 1.807) is 0 Å². The molecule has 1 heteroatoms. The van der Waals surface area contributed by atoms with E-state index >= 15 is 0 Å². The molecule has 1 atom stereocenters. The number of allylic oxidation sites excluding steroid dienone is 5. The van der Waals surface area contributed by atoms with E-state index in [-0.39, 0.29) is 0 Å². The van der Waals surface area contributed by atoms with Gasteiger partial charge in [-0.25, -0.2) is 0 Å². The Bertz CT molecular complexity index is 303. The van der Waals surface area contributed by atoms with Crippen LogP contribution in [0.4, 0.5) is 0 Å². The van der Waals surface area contributed by atoms with E-state index < -0.39 is 0 Å². The first-order valence-electron chi connectivity index (χ1n) is 6.56. The molecule has 0 saturated heterocycles. The van der Waals surface area contributed by atoms with Crippen LogP contribution in [-0.4, -0.2) is 11.4 Å². The zero-order chi connectivity index (χ0) is 13.3. The van der Waals surface area contributed by atoms with Crippen molar-refractivity contribution in [2.75, 3.05) is 6.54 Å².